The molecule has 0 N–H and O–H groups in total. The fourth-order valence-electron chi connectivity index (χ4n) is 3.66. The molecule has 0 radical (unpaired) electrons. The molecule has 0 nitrogen and oxygen atoms in total. The van der Waals surface area contributed by atoms with Gasteiger partial charge in [0, 0.05) is 0 Å². The molecule has 0 saturated carbocycles. The Morgan fingerprint density at radius 3 is 0.941 bits per heavy atom. The van der Waals surface area contributed by atoms with Crippen molar-refractivity contribution in [2.45, 2.75) is 59.3 Å². The summed E-state index contributed by atoms with van der Waals surface area (Å²) >= 11 is 0. The van der Waals surface area contributed by atoms with Crippen LogP contribution >= 0.6 is 42.8 Å². The molecule has 3 rings (SSSR count). The van der Waals surface area contributed by atoms with Crippen molar-refractivity contribution < 1.29 is 0 Å². The lowest BCUT2D eigenvalue weighted by Gasteiger charge is -2.18. The minimum atomic E-state index is -0.446. The van der Waals surface area contributed by atoms with Gasteiger partial charge in [0.05, 0.1) is 0 Å². The van der Waals surface area contributed by atoms with Crippen molar-refractivity contribution in [1.29, 1.82) is 0 Å². The highest BCUT2D eigenvalue weighted by atomic mass is 32.1. The summed E-state index contributed by atoms with van der Waals surface area (Å²) in [5.74, 6) is 0. The van der Waals surface area contributed by atoms with Crippen LogP contribution in [-0.4, -0.2) is 18.5 Å². The van der Waals surface area contributed by atoms with E-state index in [9.17, 15) is 0 Å². The quantitative estimate of drug-likeness (QED) is 0.205. The third kappa shape index (κ3) is 12.8. The van der Waals surface area contributed by atoms with Gasteiger partial charge in [0.25, 0.3) is 0 Å². The molecule has 0 aliphatic heterocycles. The summed E-state index contributed by atoms with van der Waals surface area (Å²) in [6.45, 7) is 6.94. The summed E-state index contributed by atoms with van der Waals surface area (Å²) in [7, 11) is -0.0243. The molecule has 0 fully saturated rings. The van der Waals surface area contributed by atoms with Crippen molar-refractivity contribution in [2.75, 3.05) is 18.5 Å². The zero-order chi connectivity index (χ0) is 22.9. The predicted molar refractivity (Wildman–Crippen MR) is 172 cm³/mol. The van der Waals surface area contributed by atoms with Gasteiger partial charge in [-0.1, -0.05) is 131 Å². The summed E-state index contributed by atoms with van der Waals surface area (Å²) in [5.41, 5.74) is 0. The average molecular weight is 533 g/mol. The molecule has 0 spiro atoms. The summed E-state index contributed by atoms with van der Waals surface area (Å²) in [4.78, 5) is 0. The lowest BCUT2D eigenvalue weighted by atomic mass is 10.4. The summed E-state index contributed by atoms with van der Waals surface area (Å²) < 4.78 is 0. The first kappa shape index (κ1) is 33.2. The molecule has 0 bridgehead atoms. The molecule has 3 aromatic carbocycles. The van der Waals surface area contributed by atoms with Gasteiger partial charge in [-0.05, 0) is 61.6 Å². The molecule has 3 aromatic rings. The van der Waals surface area contributed by atoms with Gasteiger partial charge in [-0.15, -0.1) is 7.92 Å². The van der Waals surface area contributed by atoms with Crippen LogP contribution < -0.4 is 15.9 Å². The highest BCUT2D eigenvalue weighted by Gasteiger charge is 2.15. The number of hydrogen-bond donors (Lipinski definition) is 0. The van der Waals surface area contributed by atoms with E-state index in [1.165, 1.54) is 54.4 Å². The van der Waals surface area contributed by atoms with Gasteiger partial charge in [-0.25, -0.2) is 0 Å². The van der Waals surface area contributed by atoms with E-state index in [4.69, 9.17) is 0 Å². The summed E-state index contributed by atoms with van der Waals surface area (Å²) in [5, 5.41) is 4.19. The lowest BCUT2D eigenvalue weighted by molar-refractivity contribution is 0.847. The van der Waals surface area contributed by atoms with Crippen LogP contribution in [0.5, 0.6) is 0 Å². The average Bonchev–Trinajstić information content (AvgIpc) is 2.86. The zero-order valence-electron chi connectivity index (χ0n) is 21.4. The SMILES string of the molecule is CCCCP(CCCC)CCCC.S.S.c1ccc(P(c2ccccc2)c2ccccc2)cc1. The van der Waals surface area contributed by atoms with E-state index in [-0.39, 0.29) is 27.0 Å². The fourth-order valence-corrected chi connectivity index (χ4v) is 8.93. The molecule has 0 heterocycles. The van der Waals surface area contributed by atoms with Gasteiger partial charge in [-0.2, -0.15) is 27.0 Å². The summed E-state index contributed by atoms with van der Waals surface area (Å²) in [6, 6.07) is 32.3. The highest BCUT2D eigenvalue weighted by molar-refractivity contribution is 7.79. The second-order valence-corrected chi connectivity index (χ2v) is 13.1. The Morgan fingerprint density at radius 1 is 0.441 bits per heavy atom. The smallest absolute Gasteiger partial charge is 0.0134 e. The van der Waals surface area contributed by atoms with Crippen LogP contribution in [0.1, 0.15) is 59.3 Å². The predicted octanol–water partition coefficient (Wildman–Crippen LogP) is 8.54. The Hall–Kier alpha value is -0.780. The minimum Gasteiger partial charge on any atom is -0.197 e. The molecule has 0 amide bonds. The third-order valence-corrected chi connectivity index (χ3v) is 10.8. The minimum absolute atomic E-state index is 0. The molecule has 0 atom stereocenters. The Kier molecular flexibility index (Phi) is 21.0. The molecule has 34 heavy (non-hydrogen) atoms. The Bertz CT molecular complexity index is 700. The highest BCUT2D eigenvalue weighted by Crippen LogP contribution is 2.38. The Labute approximate surface area is 226 Å². The second-order valence-electron chi connectivity index (χ2n) is 8.24. The van der Waals surface area contributed by atoms with Crippen molar-refractivity contribution in [1.82, 2.24) is 0 Å². The van der Waals surface area contributed by atoms with Crippen molar-refractivity contribution >= 4 is 58.7 Å². The molecule has 0 aromatic heterocycles. The molecule has 0 aliphatic rings. The number of hydrogen-bond acceptors (Lipinski definition) is 0. The zero-order valence-corrected chi connectivity index (χ0v) is 25.2. The largest absolute Gasteiger partial charge is 0.197 e. The number of benzene rings is 3. The lowest BCUT2D eigenvalue weighted by Crippen LogP contribution is -2.20. The van der Waals surface area contributed by atoms with Gasteiger partial charge in [0.15, 0.2) is 0 Å². The maximum atomic E-state index is 2.31. The maximum Gasteiger partial charge on any atom is -0.0134 e. The first-order valence-electron chi connectivity index (χ1n) is 12.5. The standard InChI is InChI=1S/C18H15P.C12H27P.2H2S/c1-4-10-16(11-5-1)19(17-12-6-2-7-13-17)18-14-8-3-9-15-18;1-4-7-10-13(11-8-5-2)12-9-6-3;;/h1-15H;4-12H2,1-3H3;2*1H2. The summed E-state index contributed by atoms with van der Waals surface area (Å²) in [6.07, 6.45) is 13.2. The van der Waals surface area contributed by atoms with Crippen LogP contribution in [0.3, 0.4) is 0 Å². The monoisotopic (exact) mass is 532 g/mol. The van der Waals surface area contributed by atoms with E-state index in [0.29, 0.717) is 7.92 Å². The van der Waals surface area contributed by atoms with E-state index >= 15 is 0 Å². The van der Waals surface area contributed by atoms with Crippen molar-refractivity contribution in [3.05, 3.63) is 91.0 Å². The van der Waals surface area contributed by atoms with Crippen LogP contribution in [0, 0.1) is 0 Å². The van der Waals surface area contributed by atoms with Crippen molar-refractivity contribution in [3.8, 4) is 0 Å². The normalized spacial score (nSPS) is 10.1. The van der Waals surface area contributed by atoms with E-state index in [1.54, 1.807) is 18.5 Å². The molecule has 188 valence electrons. The molecule has 0 saturated heterocycles. The van der Waals surface area contributed by atoms with Crippen LogP contribution in [0.4, 0.5) is 0 Å². The second kappa shape index (κ2) is 21.5. The van der Waals surface area contributed by atoms with Gasteiger partial charge in [-0.3, -0.25) is 0 Å². The van der Waals surface area contributed by atoms with Crippen molar-refractivity contribution in [3.63, 3.8) is 0 Å². The molecular formula is C30H46P2S2. The van der Waals surface area contributed by atoms with E-state index < -0.39 is 7.92 Å². The van der Waals surface area contributed by atoms with E-state index in [0.717, 1.165) is 0 Å². The van der Waals surface area contributed by atoms with Gasteiger partial charge < -0.3 is 0 Å². The molecule has 0 aliphatic carbocycles. The molecule has 0 unspecified atom stereocenters. The van der Waals surface area contributed by atoms with Gasteiger partial charge >= 0.3 is 0 Å². The first-order valence-corrected chi connectivity index (χ1v) is 15.7. The van der Waals surface area contributed by atoms with Crippen LogP contribution in [0.15, 0.2) is 91.0 Å². The van der Waals surface area contributed by atoms with Crippen LogP contribution in [0.25, 0.3) is 0 Å². The number of unbranched alkanes of at least 4 members (excludes halogenated alkanes) is 3. The molecular weight excluding hydrogens is 486 g/mol. The van der Waals surface area contributed by atoms with Gasteiger partial charge in [0.1, 0.15) is 0 Å². The fraction of sp³-hybridized carbons (Fsp3) is 0.400. The van der Waals surface area contributed by atoms with Crippen LogP contribution in [-0.2, 0) is 0 Å². The first-order chi connectivity index (χ1) is 15.8. The van der Waals surface area contributed by atoms with Crippen molar-refractivity contribution in [2.24, 2.45) is 0 Å². The van der Waals surface area contributed by atoms with E-state index in [2.05, 4.69) is 112 Å². The Morgan fingerprint density at radius 2 is 0.706 bits per heavy atom. The third-order valence-electron chi connectivity index (χ3n) is 5.53. The topological polar surface area (TPSA) is 0 Å². The van der Waals surface area contributed by atoms with Crippen LogP contribution in [0.2, 0.25) is 0 Å². The Balaban J connectivity index is 0.000000651. The maximum absolute atomic E-state index is 2.31. The van der Waals surface area contributed by atoms with E-state index in [1.807, 2.05) is 0 Å². The number of rotatable bonds is 12. The van der Waals surface area contributed by atoms with Gasteiger partial charge in [0.2, 0.25) is 0 Å². The molecule has 4 heteroatoms.